The van der Waals surface area contributed by atoms with Crippen LogP contribution in [0.4, 0.5) is 39.0 Å². The third-order valence-electron chi connectivity index (χ3n) is 7.83. The molecule has 37 heavy (non-hydrogen) atoms. The highest BCUT2D eigenvalue weighted by Crippen LogP contribution is 2.53. The lowest BCUT2D eigenvalue weighted by atomic mass is 9.82. The molecule has 0 radical (unpaired) electrons. The predicted molar refractivity (Wildman–Crippen MR) is 128 cm³/mol. The van der Waals surface area contributed by atoms with E-state index in [1.807, 2.05) is 0 Å². The number of fused-ring (bicyclic) bond motifs is 6. The highest BCUT2D eigenvalue weighted by molar-refractivity contribution is 5.96. The molecule has 0 bridgehead atoms. The Bertz CT molecular complexity index is 1340. The standard InChI is InChI=1S/C13H12F4N2.C12H12FN3O2/c14-12-5-1-2-9(12)8-6-7(13(15,16)17)3-4-10(8)19-11(12)18;13-12-5-1-2-9(12)8-6-7(16(17)18)3-4-10(8)15-11(12)14/h3-4,6,9H,1-2,5H2,(H2,18,19);3-4,6,9H,1-2,5H2,(H2,14,15). The smallest absolute Gasteiger partial charge is 0.384 e. The second-order valence-corrected chi connectivity index (χ2v) is 9.88. The molecule has 2 heterocycles. The van der Waals surface area contributed by atoms with E-state index >= 15 is 0 Å². The maximum Gasteiger partial charge on any atom is 0.416 e. The average Bonchev–Trinajstić information content (AvgIpc) is 3.44. The van der Waals surface area contributed by atoms with Crippen molar-refractivity contribution in [2.24, 2.45) is 21.5 Å². The van der Waals surface area contributed by atoms with E-state index in [0.717, 1.165) is 18.6 Å². The molecule has 2 aliphatic carbocycles. The van der Waals surface area contributed by atoms with Gasteiger partial charge in [0.25, 0.3) is 5.69 Å². The minimum atomic E-state index is -4.43. The van der Waals surface area contributed by atoms with Gasteiger partial charge in [0.2, 0.25) is 0 Å². The minimum absolute atomic E-state index is 0.00588. The summed E-state index contributed by atoms with van der Waals surface area (Å²) in [5.41, 5.74) is 8.99. The summed E-state index contributed by atoms with van der Waals surface area (Å²) >= 11 is 0. The van der Waals surface area contributed by atoms with Crippen molar-refractivity contribution in [3.05, 3.63) is 63.2 Å². The van der Waals surface area contributed by atoms with Crippen molar-refractivity contribution >= 4 is 28.7 Å². The van der Waals surface area contributed by atoms with Crippen molar-refractivity contribution < 1.29 is 26.9 Å². The molecular weight excluding hydrogens is 497 g/mol. The topological polar surface area (TPSA) is 120 Å². The summed E-state index contributed by atoms with van der Waals surface area (Å²) in [4.78, 5) is 18.3. The van der Waals surface area contributed by atoms with E-state index in [9.17, 15) is 32.1 Å². The molecule has 2 saturated carbocycles. The second-order valence-electron chi connectivity index (χ2n) is 9.88. The van der Waals surface area contributed by atoms with Gasteiger partial charge in [-0.25, -0.2) is 18.8 Å². The molecule has 0 amide bonds. The summed E-state index contributed by atoms with van der Waals surface area (Å²) in [6.07, 6.45) is -1.38. The largest absolute Gasteiger partial charge is 0.416 e. The first-order valence-corrected chi connectivity index (χ1v) is 11.9. The summed E-state index contributed by atoms with van der Waals surface area (Å²) < 4.78 is 67.6. The van der Waals surface area contributed by atoms with Crippen molar-refractivity contribution in [1.82, 2.24) is 0 Å². The molecule has 6 rings (SSSR count). The lowest BCUT2D eigenvalue weighted by Gasteiger charge is -2.32. The average molecular weight is 521 g/mol. The number of hydrogen-bond donors (Lipinski definition) is 2. The van der Waals surface area contributed by atoms with Gasteiger partial charge in [0.1, 0.15) is 11.7 Å². The molecule has 0 spiro atoms. The molecule has 2 fully saturated rings. The number of non-ortho nitro benzene ring substituents is 1. The Morgan fingerprint density at radius 3 is 1.84 bits per heavy atom. The zero-order valence-corrected chi connectivity index (χ0v) is 19.6. The SMILES string of the molecule is NC1=Nc2ccc(C(F)(F)F)cc2C2CCCC12F.NC1=Nc2ccc([N+](=O)[O-])cc2C2CCCC12F. The van der Waals surface area contributed by atoms with Gasteiger partial charge >= 0.3 is 6.18 Å². The Labute approximate surface area is 208 Å². The molecule has 4 N–H and O–H groups in total. The summed E-state index contributed by atoms with van der Waals surface area (Å²) in [5.74, 6) is -1.11. The van der Waals surface area contributed by atoms with Gasteiger partial charge in [-0.05, 0) is 73.9 Å². The predicted octanol–water partition coefficient (Wildman–Crippen LogP) is 6.26. The number of amidine groups is 2. The number of hydrogen-bond acceptors (Lipinski definition) is 6. The molecule has 4 atom stereocenters. The summed E-state index contributed by atoms with van der Waals surface area (Å²) in [6.45, 7) is 0. The van der Waals surface area contributed by atoms with Crippen LogP contribution in [-0.2, 0) is 6.18 Å². The van der Waals surface area contributed by atoms with Crippen molar-refractivity contribution in [2.75, 3.05) is 0 Å². The van der Waals surface area contributed by atoms with Crippen LogP contribution in [0.2, 0.25) is 0 Å². The molecule has 2 aliphatic heterocycles. The molecule has 4 aliphatic rings. The number of nitro benzene ring substituents is 1. The summed E-state index contributed by atoms with van der Waals surface area (Å²) in [5, 5.41) is 10.8. The number of nitrogens with zero attached hydrogens (tertiary/aromatic N) is 3. The fraction of sp³-hybridized carbons (Fsp3) is 0.440. The van der Waals surface area contributed by atoms with Gasteiger partial charge in [0, 0.05) is 24.0 Å². The summed E-state index contributed by atoms with van der Waals surface area (Å²) in [7, 11) is 0. The molecule has 7 nitrogen and oxygen atoms in total. The van der Waals surface area contributed by atoms with Crippen molar-refractivity contribution in [3.63, 3.8) is 0 Å². The van der Waals surface area contributed by atoms with Crippen LogP contribution in [0.25, 0.3) is 0 Å². The van der Waals surface area contributed by atoms with E-state index in [1.54, 1.807) is 0 Å². The number of rotatable bonds is 1. The van der Waals surface area contributed by atoms with Crippen LogP contribution in [0.1, 0.15) is 67.1 Å². The third-order valence-corrected chi connectivity index (χ3v) is 7.83. The lowest BCUT2D eigenvalue weighted by molar-refractivity contribution is -0.384. The minimum Gasteiger partial charge on any atom is -0.384 e. The van der Waals surface area contributed by atoms with E-state index in [-0.39, 0.29) is 23.8 Å². The van der Waals surface area contributed by atoms with Crippen LogP contribution in [0.3, 0.4) is 0 Å². The van der Waals surface area contributed by atoms with E-state index in [1.165, 1.54) is 24.3 Å². The quantitative estimate of drug-likeness (QED) is 0.262. The maximum absolute atomic E-state index is 14.7. The van der Waals surface area contributed by atoms with Gasteiger partial charge in [0.05, 0.1) is 21.9 Å². The zero-order valence-electron chi connectivity index (χ0n) is 19.6. The molecule has 0 saturated heterocycles. The molecule has 12 heteroatoms. The van der Waals surface area contributed by atoms with Crippen LogP contribution in [-0.4, -0.2) is 27.9 Å². The molecular formula is C25H24F5N5O2. The van der Waals surface area contributed by atoms with Crippen LogP contribution in [0, 0.1) is 10.1 Å². The first kappa shape index (κ1) is 25.1. The van der Waals surface area contributed by atoms with E-state index in [2.05, 4.69) is 9.98 Å². The highest BCUT2D eigenvalue weighted by atomic mass is 19.4. The number of aliphatic imine (C=N–C) groups is 2. The second kappa shape index (κ2) is 8.49. The van der Waals surface area contributed by atoms with Gasteiger partial charge in [-0.15, -0.1) is 0 Å². The normalized spacial score (nSPS) is 29.5. The molecule has 196 valence electrons. The monoisotopic (exact) mass is 521 g/mol. The van der Waals surface area contributed by atoms with Crippen LogP contribution in [0.5, 0.6) is 0 Å². The van der Waals surface area contributed by atoms with Crippen molar-refractivity contribution in [2.45, 2.75) is 67.9 Å². The maximum atomic E-state index is 14.7. The first-order chi connectivity index (χ1) is 17.3. The number of nitrogens with two attached hydrogens (primary N) is 2. The fourth-order valence-electron chi connectivity index (χ4n) is 5.94. The Morgan fingerprint density at radius 2 is 1.35 bits per heavy atom. The highest BCUT2D eigenvalue weighted by Gasteiger charge is 2.52. The molecule has 2 aromatic rings. The van der Waals surface area contributed by atoms with E-state index < -0.39 is 39.8 Å². The molecule has 0 aromatic heterocycles. The van der Waals surface area contributed by atoms with Crippen LogP contribution >= 0.6 is 0 Å². The number of benzene rings is 2. The van der Waals surface area contributed by atoms with Gasteiger partial charge in [-0.2, -0.15) is 13.2 Å². The van der Waals surface area contributed by atoms with Gasteiger partial charge < -0.3 is 11.5 Å². The van der Waals surface area contributed by atoms with Crippen molar-refractivity contribution in [1.29, 1.82) is 0 Å². The van der Waals surface area contributed by atoms with Crippen LogP contribution < -0.4 is 11.5 Å². The Hall–Kier alpha value is -3.57. The lowest BCUT2D eigenvalue weighted by Crippen LogP contribution is -2.43. The van der Waals surface area contributed by atoms with Gasteiger partial charge in [-0.3, -0.25) is 10.1 Å². The zero-order chi connectivity index (χ0) is 26.8. The van der Waals surface area contributed by atoms with E-state index in [4.69, 9.17) is 11.5 Å². The van der Waals surface area contributed by atoms with Crippen molar-refractivity contribution in [3.8, 4) is 0 Å². The fourth-order valence-corrected chi connectivity index (χ4v) is 5.94. The number of nitro groups is 1. The Morgan fingerprint density at radius 1 is 0.865 bits per heavy atom. The Kier molecular flexibility index (Phi) is 5.76. The van der Waals surface area contributed by atoms with Gasteiger partial charge in [0.15, 0.2) is 11.3 Å². The molecule has 4 unspecified atom stereocenters. The number of halogens is 5. The first-order valence-electron chi connectivity index (χ1n) is 11.9. The third kappa shape index (κ3) is 4.02. The van der Waals surface area contributed by atoms with Crippen LogP contribution in [0.15, 0.2) is 46.4 Å². The van der Waals surface area contributed by atoms with Gasteiger partial charge in [-0.1, -0.05) is 0 Å². The summed E-state index contributed by atoms with van der Waals surface area (Å²) in [6, 6.07) is 7.57. The molecule has 2 aromatic carbocycles. The van der Waals surface area contributed by atoms with E-state index in [0.29, 0.717) is 48.2 Å². The number of alkyl halides is 5. The Balaban J connectivity index is 0.000000152.